The summed E-state index contributed by atoms with van der Waals surface area (Å²) in [4.78, 5) is 52.6. The highest BCUT2D eigenvalue weighted by Crippen LogP contribution is 2.31. The quantitative estimate of drug-likeness (QED) is 0.0229. The Morgan fingerprint density at radius 1 is 0.324 bits per heavy atom. The SMILES string of the molecule is CCCCCCCCCCCCOc1ccc(C(=O)Oc2ccc(C(=O)Oc3ccc4ccc(OC(=O)c5ccc(OC(=O)c6ccc(OCCCCCCCCCCCC)cc6)c(Br)c5)cc4c3)cc2Br)cc1. The van der Waals surface area contributed by atoms with Crippen molar-refractivity contribution in [1.82, 2.24) is 0 Å². The maximum Gasteiger partial charge on any atom is 0.343 e. The number of unbranched alkanes of at least 4 members (excludes halogenated alkanes) is 18. The zero-order valence-corrected chi connectivity index (χ0v) is 46.1. The highest BCUT2D eigenvalue weighted by Gasteiger charge is 2.18. The second-order valence-electron chi connectivity index (χ2n) is 18.6. The molecule has 6 rings (SSSR count). The highest BCUT2D eigenvalue weighted by molar-refractivity contribution is 9.11. The average Bonchev–Trinajstić information content (AvgIpc) is 3.40. The standard InChI is InChI=1S/C62H70Br2O10/c1-3-5-7-9-11-13-15-17-19-21-39-69-51-31-25-46(26-32-51)59(65)73-57-37-29-48(43-55(57)63)61(67)71-53-35-23-45-24-36-54(42-50(45)41-53)72-62(68)49-30-38-58(56(64)44-49)74-60(66)47-27-33-52(34-28-47)70-40-22-20-18-16-14-12-10-8-6-4-2/h23-38,41-44H,3-22,39-40H2,1-2H3. The van der Waals surface area contributed by atoms with E-state index in [2.05, 4.69) is 45.7 Å². The molecule has 6 aromatic carbocycles. The van der Waals surface area contributed by atoms with Crippen molar-refractivity contribution in [3.05, 3.63) is 153 Å². The van der Waals surface area contributed by atoms with Crippen LogP contribution in [0.3, 0.4) is 0 Å². The zero-order chi connectivity index (χ0) is 52.3. The van der Waals surface area contributed by atoms with E-state index in [-0.39, 0.29) is 34.1 Å². The predicted octanol–water partition coefficient (Wildman–Crippen LogP) is 17.8. The largest absolute Gasteiger partial charge is 0.494 e. The van der Waals surface area contributed by atoms with Gasteiger partial charge in [-0.15, -0.1) is 0 Å². The number of rotatable bonds is 32. The van der Waals surface area contributed by atoms with Crippen LogP contribution in [0.2, 0.25) is 0 Å². The molecule has 392 valence electrons. The molecule has 0 spiro atoms. The van der Waals surface area contributed by atoms with Gasteiger partial charge in [0, 0.05) is 0 Å². The Hall–Kier alpha value is -5.98. The molecule has 0 bridgehead atoms. The molecule has 0 radical (unpaired) electrons. The number of halogens is 2. The van der Waals surface area contributed by atoms with Gasteiger partial charge in [-0.2, -0.15) is 0 Å². The number of benzene rings is 6. The topological polar surface area (TPSA) is 124 Å². The van der Waals surface area contributed by atoms with Crippen LogP contribution in [0.1, 0.15) is 184 Å². The van der Waals surface area contributed by atoms with E-state index < -0.39 is 23.9 Å². The van der Waals surface area contributed by atoms with Crippen molar-refractivity contribution < 1.29 is 47.6 Å². The number of carbonyl (C=O) groups excluding carboxylic acids is 4. The van der Waals surface area contributed by atoms with E-state index in [4.69, 9.17) is 28.4 Å². The van der Waals surface area contributed by atoms with Crippen LogP contribution >= 0.6 is 31.9 Å². The molecule has 0 amide bonds. The summed E-state index contributed by atoms with van der Waals surface area (Å²) in [6.45, 7) is 5.75. The number of esters is 4. The van der Waals surface area contributed by atoms with Crippen LogP contribution in [0.5, 0.6) is 34.5 Å². The van der Waals surface area contributed by atoms with E-state index in [0.717, 1.165) is 31.1 Å². The van der Waals surface area contributed by atoms with Crippen LogP contribution in [0.25, 0.3) is 10.8 Å². The van der Waals surface area contributed by atoms with Gasteiger partial charge in [0.15, 0.2) is 0 Å². The fraction of sp³-hybridized carbons (Fsp3) is 0.387. The Morgan fingerprint density at radius 2 is 0.635 bits per heavy atom. The van der Waals surface area contributed by atoms with Crippen molar-refractivity contribution in [3.8, 4) is 34.5 Å². The lowest BCUT2D eigenvalue weighted by molar-refractivity contribution is 0.0719. The van der Waals surface area contributed by atoms with Crippen molar-refractivity contribution in [1.29, 1.82) is 0 Å². The average molecular weight is 1140 g/mol. The lowest BCUT2D eigenvalue weighted by Crippen LogP contribution is -2.11. The summed E-state index contributed by atoms with van der Waals surface area (Å²) >= 11 is 6.86. The number of carbonyl (C=O) groups is 4. The van der Waals surface area contributed by atoms with Crippen LogP contribution in [0, 0.1) is 0 Å². The van der Waals surface area contributed by atoms with E-state index in [0.29, 0.717) is 50.2 Å². The second kappa shape index (κ2) is 31.7. The predicted molar refractivity (Wildman–Crippen MR) is 300 cm³/mol. The van der Waals surface area contributed by atoms with Crippen molar-refractivity contribution in [2.75, 3.05) is 13.2 Å². The van der Waals surface area contributed by atoms with Crippen LogP contribution in [-0.2, 0) is 0 Å². The minimum absolute atomic E-state index is 0.226. The molecule has 0 aliphatic heterocycles. The third kappa shape index (κ3) is 19.4. The van der Waals surface area contributed by atoms with E-state index in [1.165, 1.54) is 139 Å². The molecular weight excluding hydrogens is 1060 g/mol. The van der Waals surface area contributed by atoms with Gasteiger partial charge in [-0.25, -0.2) is 19.2 Å². The molecule has 0 heterocycles. The molecule has 12 heteroatoms. The Kier molecular flexibility index (Phi) is 24.5. The molecule has 0 aromatic heterocycles. The van der Waals surface area contributed by atoms with Gasteiger partial charge in [0.25, 0.3) is 0 Å². The van der Waals surface area contributed by atoms with E-state index in [9.17, 15) is 19.2 Å². The maximum absolute atomic E-state index is 13.3. The van der Waals surface area contributed by atoms with Crippen LogP contribution in [0.4, 0.5) is 0 Å². The van der Waals surface area contributed by atoms with Crippen LogP contribution < -0.4 is 28.4 Å². The highest BCUT2D eigenvalue weighted by atomic mass is 79.9. The van der Waals surface area contributed by atoms with Gasteiger partial charge < -0.3 is 28.4 Å². The van der Waals surface area contributed by atoms with Gasteiger partial charge in [0.1, 0.15) is 34.5 Å². The normalized spacial score (nSPS) is 11.0. The van der Waals surface area contributed by atoms with Gasteiger partial charge in [-0.1, -0.05) is 142 Å². The number of hydrogen-bond donors (Lipinski definition) is 0. The summed E-state index contributed by atoms with van der Waals surface area (Å²) in [6.07, 6.45) is 25.2. The van der Waals surface area contributed by atoms with Gasteiger partial charge in [-0.05, 0) is 165 Å². The van der Waals surface area contributed by atoms with E-state index in [1.807, 2.05) is 0 Å². The summed E-state index contributed by atoms with van der Waals surface area (Å²) in [5, 5.41) is 1.49. The van der Waals surface area contributed by atoms with Crippen molar-refractivity contribution in [2.24, 2.45) is 0 Å². The molecule has 0 fully saturated rings. The Labute approximate surface area is 454 Å². The monoisotopic (exact) mass is 1130 g/mol. The van der Waals surface area contributed by atoms with Gasteiger partial charge in [0.2, 0.25) is 0 Å². The molecule has 0 saturated carbocycles. The molecule has 74 heavy (non-hydrogen) atoms. The summed E-state index contributed by atoms with van der Waals surface area (Å²) in [7, 11) is 0. The Balaban J connectivity index is 0.919. The summed E-state index contributed by atoms with van der Waals surface area (Å²) < 4.78 is 35.3. The maximum atomic E-state index is 13.3. The molecule has 0 unspecified atom stereocenters. The third-order valence-corrected chi connectivity index (χ3v) is 13.9. The Bertz CT molecular complexity index is 2540. The summed E-state index contributed by atoms with van der Waals surface area (Å²) in [5.74, 6) is 0.0594. The first-order valence-corrected chi connectivity index (χ1v) is 28.2. The fourth-order valence-corrected chi connectivity index (χ4v) is 9.25. The Morgan fingerprint density at radius 3 is 0.986 bits per heavy atom. The van der Waals surface area contributed by atoms with Crippen LogP contribution in [0.15, 0.2) is 130 Å². The summed E-state index contributed by atoms with van der Waals surface area (Å²) in [6, 6.07) is 33.1. The van der Waals surface area contributed by atoms with Crippen LogP contribution in [-0.4, -0.2) is 37.1 Å². The number of ether oxygens (including phenoxy) is 6. The lowest BCUT2D eigenvalue weighted by Gasteiger charge is -2.11. The summed E-state index contributed by atoms with van der Waals surface area (Å²) in [5.41, 5.74) is 1.18. The molecule has 0 aliphatic rings. The number of hydrogen-bond acceptors (Lipinski definition) is 10. The van der Waals surface area contributed by atoms with E-state index in [1.54, 1.807) is 84.9 Å². The molecular formula is C62H70Br2O10. The van der Waals surface area contributed by atoms with Crippen molar-refractivity contribution >= 4 is 66.5 Å². The fourth-order valence-electron chi connectivity index (χ4n) is 8.33. The molecule has 6 aromatic rings. The van der Waals surface area contributed by atoms with E-state index >= 15 is 0 Å². The molecule has 10 nitrogen and oxygen atoms in total. The van der Waals surface area contributed by atoms with Crippen molar-refractivity contribution in [2.45, 2.75) is 142 Å². The first-order valence-electron chi connectivity index (χ1n) is 26.6. The molecule has 0 atom stereocenters. The molecule has 0 N–H and O–H groups in total. The first-order chi connectivity index (χ1) is 36.1. The molecule has 0 aliphatic carbocycles. The minimum Gasteiger partial charge on any atom is -0.494 e. The zero-order valence-electron chi connectivity index (χ0n) is 42.9. The number of fused-ring (bicyclic) bond motifs is 1. The molecule has 0 saturated heterocycles. The van der Waals surface area contributed by atoms with Crippen molar-refractivity contribution in [3.63, 3.8) is 0 Å². The third-order valence-electron chi connectivity index (χ3n) is 12.7. The van der Waals surface area contributed by atoms with Gasteiger partial charge in [-0.3, -0.25) is 0 Å². The van der Waals surface area contributed by atoms with Gasteiger partial charge in [0.05, 0.1) is 44.4 Å². The second-order valence-corrected chi connectivity index (χ2v) is 20.3. The first kappa shape index (κ1) is 57.3. The lowest BCUT2D eigenvalue weighted by atomic mass is 10.1. The van der Waals surface area contributed by atoms with Gasteiger partial charge >= 0.3 is 23.9 Å². The smallest absolute Gasteiger partial charge is 0.343 e. The minimum atomic E-state index is -0.629.